The van der Waals surface area contributed by atoms with Gasteiger partial charge in [0.2, 0.25) is 5.60 Å². The van der Waals surface area contributed by atoms with Crippen LogP contribution in [0.2, 0.25) is 0 Å². The molecule has 1 fully saturated rings. The zero-order valence-corrected chi connectivity index (χ0v) is 24.5. The fourth-order valence-corrected chi connectivity index (χ4v) is 5.40. The molecule has 7 nitrogen and oxygen atoms in total. The Morgan fingerprint density at radius 2 is 1.57 bits per heavy atom. The lowest BCUT2D eigenvalue weighted by atomic mass is 9.96. The van der Waals surface area contributed by atoms with Crippen LogP contribution in [-0.4, -0.2) is 60.2 Å². The third-order valence-electron chi connectivity index (χ3n) is 7.72. The van der Waals surface area contributed by atoms with Crippen LogP contribution in [-0.2, 0) is 22.5 Å². The fourth-order valence-electron chi connectivity index (χ4n) is 5.40. The van der Waals surface area contributed by atoms with E-state index >= 15 is 0 Å². The molecule has 218 valence electrons. The molecule has 5 rings (SSSR count). The largest absolute Gasteiger partial charge is 0.494 e. The summed E-state index contributed by atoms with van der Waals surface area (Å²) in [5.74, 6) is 0.943. The van der Waals surface area contributed by atoms with Crippen LogP contribution in [0.3, 0.4) is 0 Å². The second-order valence-electron chi connectivity index (χ2n) is 10.9. The minimum Gasteiger partial charge on any atom is -0.494 e. The van der Waals surface area contributed by atoms with Crippen LogP contribution in [0.4, 0.5) is 4.79 Å². The third-order valence-corrected chi connectivity index (χ3v) is 7.72. The number of urea groups is 1. The van der Waals surface area contributed by atoms with Crippen molar-refractivity contribution in [3.63, 3.8) is 0 Å². The first-order valence-electron chi connectivity index (χ1n) is 14.5. The maximum atomic E-state index is 12.9. The van der Waals surface area contributed by atoms with Crippen LogP contribution in [0.5, 0.6) is 11.5 Å². The highest BCUT2D eigenvalue weighted by atomic mass is 16.6. The molecule has 0 radical (unpaired) electrons. The number of carbonyl (C=O) groups excluding carboxylic acids is 2. The van der Waals surface area contributed by atoms with Crippen molar-refractivity contribution in [2.75, 3.05) is 26.8 Å². The van der Waals surface area contributed by atoms with Gasteiger partial charge in [-0.1, -0.05) is 66.7 Å². The number of fused-ring (bicyclic) bond motifs is 1. The van der Waals surface area contributed by atoms with E-state index in [0.717, 1.165) is 23.3 Å². The molecular formula is C35H38N2O5. The molecule has 2 atom stereocenters. The molecule has 0 unspecified atom stereocenters. The number of carbonyl (C=O) groups is 2. The summed E-state index contributed by atoms with van der Waals surface area (Å²) < 4.78 is 17.5. The molecule has 0 spiro atoms. The van der Waals surface area contributed by atoms with Crippen molar-refractivity contribution >= 4 is 22.8 Å². The monoisotopic (exact) mass is 566 g/mol. The van der Waals surface area contributed by atoms with Crippen molar-refractivity contribution in [2.45, 2.75) is 44.9 Å². The highest BCUT2D eigenvalue weighted by Crippen LogP contribution is 2.26. The summed E-state index contributed by atoms with van der Waals surface area (Å²) in [7, 11) is 1.86. The zero-order chi connectivity index (χ0) is 29.5. The van der Waals surface area contributed by atoms with E-state index in [1.807, 2.05) is 83.6 Å². The maximum absolute atomic E-state index is 12.9. The Hall–Kier alpha value is -4.52. The number of benzene rings is 4. The molecule has 0 N–H and O–H groups in total. The van der Waals surface area contributed by atoms with E-state index in [-0.39, 0.29) is 18.7 Å². The second kappa shape index (κ2) is 13.0. The topological polar surface area (TPSA) is 68.3 Å². The lowest BCUT2D eigenvalue weighted by Gasteiger charge is -2.28. The van der Waals surface area contributed by atoms with Crippen molar-refractivity contribution < 1.29 is 23.8 Å². The van der Waals surface area contributed by atoms with E-state index in [2.05, 4.69) is 30.3 Å². The second-order valence-corrected chi connectivity index (χ2v) is 10.9. The molecule has 0 aromatic heterocycles. The van der Waals surface area contributed by atoms with Gasteiger partial charge in [-0.2, -0.15) is 0 Å². The molecule has 2 amide bonds. The minimum absolute atomic E-state index is 0.0416. The molecular weight excluding hydrogens is 528 g/mol. The number of likely N-dealkylation sites (N-methyl/N-ethyl adjacent to an activating group) is 1. The van der Waals surface area contributed by atoms with Crippen molar-refractivity contribution in [2.24, 2.45) is 0 Å². The zero-order valence-electron chi connectivity index (χ0n) is 24.5. The number of hydrogen-bond acceptors (Lipinski definition) is 5. The van der Waals surface area contributed by atoms with Crippen molar-refractivity contribution in [1.82, 2.24) is 9.80 Å². The molecule has 1 saturated heterocycles. The first-order chi connectivity index (χ1) is 20.3. The summed E-state index contributed by atoms with van der Waals surface area (Å²) in [5.41, 5.74) is 0.887. The van der Waals surface area contributed by atoms with Crippen molar-refractivity contribution in [1.29, 1.82) is 0 Å². The Kier molecular flexibility index (Phi) is 8.96. The van der Waals surface area contributed by atoms with Gasteiger partial charge in [0.25, 0.3) is 0 Å². The summed E-state index contributed by atoms with van der Waals surface area (Å²) >= 11 is 0. The number of nitrogens with zero attached hydrogens (tertiary/aromatic N) is 2. The van der Waals surface area contributed by atoms with Gasteiger partial charge in [-0.3, -0.25) is 0 Å². The first kappa shape index (κ1) is 29.0. The van der Waals surface area contributed by atoms with Crippen LogP contribution in [0.1, 0.15) is 31.4 Å². The average Bonchev–Trinajstić information content (AvgIpc) is 3.26. The van der Waals surface area contributed by atoms with Crippen molar-refractivity contribution in [3.8, 4) is 11.5 Å². The smallest absolute Gasteiger partial charge is 0.350 e. The first-order valence-corrected chi connectivity index (χ1v) is 14.5. The van der Waals surface area contributed by atoms with Gasteiger partial charge in [-0.05, 0) is 66.1 Å². The Balaban J connectivity index is 1.14. The molecule has 0 bridgehead atoms. The molecule has 1 aliphatic rings. The Bertz CT molecular complexity index is 1510. The lowest BCUT2D eigenvalue weighted by Crippen LogP contribution is -2.45. The van der Waals surface area contributed by atoms with Crippen LogP contribution < -0.4 is 9.47 Å². The number of para-hydroxylation sites is 1. The molecule has 0 aliphatic carbocycles. The Labute approximate surface area is 247 Å². The molecule has 42 heavy (non-hydrogen) atoms. The minimum atomic E-state index is -1.17. The third kappa shape index (κ3) is 6.85. The highest BCUT2D eigenvalue weighted by molar-refractivity contribution is 5.83. The van der Waals surface area contributed by atoms with Crippen LogP contribution in [0, 0.1) is 0 Å². The van der Waals surface area contributed by atoms with E-state index in [4.69, 9.17) is 14.2 Å². The van der Waals surface area contributed by atoms with E-state index in [9.17, 15) is 9.59 Å². The fraction of sp³-hybridized carbons (Fsp3) is 0.314. The summed E-state index contributed by atoms with van der Waals surface area (Å²) in [6.45, 7) is 5.56. The molecule has 7 heteroatoms. The van der Waals surface area contributed by atoms with Gasteiger partial charge in [0.05, 0.1) is 19.3 Å². The van der Waals surface area contributed by atoms with Gasteiger partial charge in [0.15, 0.2) is 0 Å². The lowest BCUT2D eigenvalue weighted by molar-refractivity contribution is -0.160. The Morgan fingerprint density at radius 1 is 0.881 bits per heavy atom. The van der Waals surface area contributed by atoms with E-state index in [1.165, 1.54) is 10.8 Å². The SMILES string of the molecule is CCOC(=O)[C@](C)(Cc1ccc(OCC[C@H]2CN(Cc3ccc4ccccc4c3)C(=O)N2C)cc1)Oc1ccccc1. The predicted octanol–water partition coefficient (Wildman–Crippen LogP) is 6.49. The standard InChI is InChI=1S/C35H38N2O5/c1-4-40-33(38)35(2,42-32-12-6-5-7-13-32)23-26-15-18-31(19-16-26)41-21-20-30-25-37(34(39)36(30)3)24-27-14-17-28-10-8-9-11-29(28)22-27/h5-19,22,30H,4,20-21,23-25H2,1-3H3/t30-,35-/m0/s1. The van der Waals surface area contributed by atoms with Crippen LogP contribution >= 0.6 is 0 Å². The van der Waals surface area contributed by atoms with E-state index in [0.29, 0.717) is 31.9 Å². The number of amides is 2. The van der Waals surface area contributed by atoms with Gasteiger partial charge in [0.1, 0.15) is 11.5 Å². The number of esters is 1. The average molecular weight is 567 g/mol. The summed E-state index contributed by atoms with van der Waals surface area (Å²) in [6, 6.07) is 31.7. The van der Waals surface area contributed by atoms with E-state index in [1.54, 1.807) is 13.8 Å². The normalized spacial score (nSPS) is 16.4. The number of ether oxygens (including phenoxy) is 3. The van der Waals surface area contributed by atoms with Gasteiger partial charge >= 0.3 is 12.0 Å². The van der Waals surface area contributed by atoms with Gasteiger partial charge in [-0.15, -0.1) is 0 Å². The molecule has 4 aromatic carbocycles. The molecule has 4 aromatic rings. The van der Waals surface area contributed by atoms with Crippen LogP contribution in [0.25, 0.3) is 10.8 Å². The molecule has 1 aliphatic heterocycles. The van der Waals surface area contributed by atoms with Gasteiger partial charge in [0, 0.05) is 33.0 Å². The number of hydrogen-bond donors (Lipinski definition) is 0. The summed E-state index contributed by atoms with van der Waals surface area (Å²) in [5, 5.41) is 2.38. The molecule has 1 heterocycles. The summed E-state index contributed by atoms with van der Waals surface area (Å²) in [6.07, 6.45) is 1.08. The van der Waals surface area contributed by atoms with Gasteiger partial charge < -0.3 is 24.0 Å². The van der Waals surface area contributed by atoms with E-state index < -0.39 is 11.6 Å². The Morgan fingerprint density at radius 3 is 2.31 bits per heavy atom. The van der Waals surface area contributed by atoms with Crippen molar-refractivity contribution in [3.05, 3.63) is 108 Å². The quantitative estimate of drug-likeness (QED) is 0.184. The highest BCUT2D eigenvalue weighted by Gasteiger charge is 2.38. The van der Waals surface area contributed by atoms with Crippen LogP contribution in [0.15, 0.2) is 97.1 Å². The summed E-state index contributed by atoms with van der Waals surface area (Å²) in [4.78, 5) is 29.5. The predicted molar refractivity (Wildman–Crippen MR) is 164 cm³/mol. The molecule has 0 saturated carbocycles. The van der Waals surface area contributed by atoms with Gasteiger partial charge in [-0.25, -0.2) is 9.59 Å². The maximum Gasteiger partial charge on any atom is 0.350 e. The number of rotatable bonds is 12.